The van der Waals surface area contributed by atoms with Crippen LogP contribution < -0.4 is 34.0 Å². The molecule has 1 aromatic rings. The molecule has 0 spiro atoms. The van der Waals surface area contributed by atoms with Crippen LogP contribution in [0.2, 0.25) is 0 Å². The first kappa shape index (κ1) is 22.1. The molecule has 0 aliphatic carbocycles. The summed E-state index contributed by atoms with van der Waals surface area (Å²) in [5, 5.41) is 0. The zero-order chi connectivity index (χ0) is 15.5. The summed E-state index contributed by atoms with van der Waals surface area (Å²) in [5.74, 6) is 0. The Kier molecular flexibility index (Phi) is 8.95. The van der Waals surface area contributed by atoms with Gasteiger partial charge in [-0.1, -0.05) is 24.3 Å². The molecule has 138 valence electrons. The van der Waals surface area contributed by atoms with Gasteiger partial charge in [0.25, 0.3) is 0 Å². The molecule has 2 nitrogen and oxygen atoms in total. The molecule has 1 aromatic carbocycles. The molecule has 2 heterocycles. The predicted octanol–water partition coefficient (Wildman–Crippen LogP) is -2.04. The van der Waals surface area contributed by atoms with Gasteiger partial charge in [0.1, 0.15) is 13.1 Å². The fourth-order valence-electron chi connectivity index (χ4n) is 4.50. The number of piperidine rings is 2. The first-order valence-corrected chi connectivity index (χ1v) is 9.32. The van der Waals surface area contributed by atoms with Gasteiger partial charge in [0.15, 0.2) is 0 Å². The number of nitrogens with zero attached hydrogens (tertiary/aromatic N) is 2. The second-order valence-corrected chi connectivity index (χ2v) is 8.39. The lowest BCUT2D eigenvalue weighted by molar-refractivity contribution is -0.927. The Morgan fingerprint density at radius 3 is 1.17 bits per heavy atom. The maximum Gasteiger partial charge on any atom is 0.104 e. The van der Waals surface area contributed by atoms with Crippen molar-refractivity contribution in [2.45, 2.75) is 51.6 Å². The Bertz CT molecular complexity index is 430. The molecule has 2 saturated heterocycles. The Hall–Kier alpha value is 0.1000. The van der Waals surface area contributed by atoms with Gasteiger partial charge in [-0.15, -0.1) is 0 Å². The molecule has 0 radical (unpaired) electrons. The number of benzene rings is 1. The number of hydrogen-bond donors (Lipinski definition) is 0. The zero-order valence-electron chi connectivity index (χ0n) is 15.4. The zero-order valence-corrected chi connectivity index (χ0v) is 18.6. The van der Waals surface area contributed by atoms with Crippen LogP contribution in [0.25, 0.3) is 0 Å². The van der Waals surface area contributed by atoms with Crippen molar-refractivity contribution in [3.8, 4) is 0 Å². The van der Waals surface area contributed by atoms with E-state index >= 15 is 0 Å². The number of quaternary nitrogens is 2. The van der Waals surface area contributed by atoms with E-state index in [0.717, 1.165) is 0 Å². The molecule has 0 N–H and O–H groups in total. The molecule has 0 unspecified atom stereocenters. The van der Waals surface area contributed by atoms with Crippen molar-refractivity contribution < 1.29 is 42.9 Å². The number of halogens is 2. The van der Waals surface area contributed by atoms with E-state index in [1.165, 1.54) is 97.9 Å². The molecule has 0 atom stereocenters. The largest absolute Gasteiger partial charge is 1.00 e. The summed E-state index contributed by atoms with van der Waals surface area (Å²) < 4.78 is 2.49. The summed E-state index contributed by atoms with van der Waals surface area (Å²) in [4.78, 5) is 0. The van der Waals surface area contributed by atoms with Gasteiger partial charge in [-0.3, -0.25) is 0 Å². The van der Waals surface area contributed by atoms with Crippen LogP contribution in [0.1, 0.15) is 49.7 Å². The first-order chi connectivity index (χ1) is 10.6. The third-order valence-electron chi connectivity index (χ3n) is 5.94. The molecule has 0 amide bonds. The predicted molar refractivity (Wildman–Crippen MR) is 93.4 cm³/mol. The van der Waals surface area contributed by atoms with Gasteiger partial charge < -0.3 is 42.9 Å². The van der Waals surface area contributed by atoms with Gasteiger partial charge in [0.2, 0.25) is 0 Å². The molecular weight excluding hydrogens is 428 g/mol. The van der Waals surface area contributed by atoms with Gasteiger partial charge >= 0.3 is 0 Å². The van der Waals surface area contributed by atoms with Crippen molar-refractivity contribution >= 4 is 0 Å². The van der Waals surface area contributed by atoms with Gasteiger partial charge in [-0.25, -0.2) is 0 Å². The Balaban J connectivity index is 0.00000144. The second-order valence-electron chi connectivity index (χ2n) is 8.39. The molecule has 0 aromatic heterocycles. The van der Waals surface area contributed by atoms with E-state index in [0.29, 0.717) is 0 Å². The maximum absolute atomic E-state index is 2.44. The Labute approximate surface area is 169 Å². The smallest absolute Gasteiger partial charge is 0.104 e. The van der Waals surface area contributed by atoms with Gasteiger partial charge in [0, 0.05) is 11.1 Å². The van der Waals surface area contributed by atoms with Crippen molar-refractivity contribution in [1.29, 1.82) is 0 Å². The lowest BCUT2D eigenvalue weighted by Gasteiger charge is -2.38. The summed E-state index contributed by atoms with van der Waals surface area (Å²) in [5.41, 5.74) is 3.05. The molecule has 2 aliphatic rings. The van der Waals surface area contributed by atoms with Crippen LogP contribution in [-0.2, 0) is 13.1 Å². The highest BCUT2D eigenvalue weighted by molar-refractivity contribution is 5.21. The minimum absolute atomic E-state index is 0. The van der Waals surface area contributed by atoms with E-state index < -0.39 is 0 Å². The van der Waals surface area contributed by atoms with E-state index in [1.807, 2.05) is 0 Å². The summed E-state index contributed by atoms with van der Waals surface area (Å²) in [6.45, 7) is 7.86. The Morgan fingerprint density at radius 2 is 0.875 bits per heavy atom. The third kappa shape index (κ3) is 6.12. The van der Waals surface area contributed by atoms with Crippen LogP contribution in [-0.4, -0.2) is 49.2 Å². The van der Waals surface area contributed by atoms with E-state index in [1.54, 1.807) is 0 Å². The molecular formula is C20H34Br2N2. The Morgan fingerprint density at radius 1 is 0.583 bits per heavy atom. The molecule has 0 bridgehead atoms. The van der Waals surface area contributed by atoms with Crippen molar-refractivity contribution in [3.63, 3.8) is 0 Å². The molecule has 3 rings (SSSR count). The highest BCUT2D eigenvalue weighted by Gasteiger charge is 2.26. The second kappa shape index (κ2) is 9.70. The summed E-state index contributed by atoms with van der Waals surface area (Å²) >= 11 is 0. The minimum Gasteiger partial charge on any atom is -1.00 e. The van der Waals surface area contributed by atoms with Crippen molar-refractivity contribution in [2.24, 2.45) is 0 Å². The minimum atomic E-state index is 0. The van der Waals surface area contributed by atoms with Crippen LogP contribution in [0.5, 0.6) is 0 Å². The van der Waals surface area contributed by atoms with Crippen LogP contribution >= 0.6 is 0 Å². The molecule has 2 fully saturated rings. The van der Waals surface area contributed by atoms with Crippen LogP contribution in [0.4, 0.5) is 0 Å². The average molecular weight is 462 g/mol. The highest BCUT2D eigenvalue weighted by atomic mass is 79.9. The standard InChI is InChI=1S/C20H34N2.2BrH/c1-21(13-5-3-6-14-21)17-19-9-11-20(12-10-19)18-22(2)15-7-4-8-16-22;;/h9-12H,3-8,13-18H2,1-2H3;2*1H/q+2;;/p-2. The van der Waals surface area contributed by atoms with Crippen molar-refractivity contribution in [3.05, 3.63) is 35.4 Å². The van der Waals surface area contributed by atoms with Crippen LogP contribution in [0.15, 0.2) is 24.3 Å². The van der Waals surface area contributed by atoms with E-state index in [2.05, 4.69) is 38.4 Å². The fraction of sp³-hybridized carbons (Fsp3) is 0.700. The normalized spacial score (nSPS) is 22.1. The third-order valence-corrected chi connectivity index (χ3v) is 5.94. The first-order valence-electron chi connectivity index (χ1n) is 9.32. The van der Waals surface area contributed by atoms with Gasteiger partial charge in [-0.2, -0.15) is 0 Å². The number of likely N-dealkylation sites (tertiary alicyclic amines) is 2. The van der Waals surface area contributed by atoms with Gasteiger partial charge in [-0.05, 0) is 38.5 Å². The quantitative estimate of drug-likeness (QED) is 0.453. The van der Waals surface area contributed by atoms with E-state index in [4.69, 9.17) is 0 Å². The van der Waals surface area contributed by atoms with Crippen molar-refractivity contribution in [2.75, 3.05) is 40.3 Å². The monoisotopic (exact) mass is 460 g/mol. The van der Waals surface area contributed by atoms with Crippen LogP contribution in [0, 0.1) is 0 Å². The lowest BCUT2D eigenvalue weighted by Crippen LogP contribution is -3.00. The van der Waals surface area contributed by atoms with E-state index in [-0.39, 0.29) is 34.0 Å². The van der Waals surface area contributed by atoms with E-state index in [9.17, 15) is 0 Å². The summed E-state index contributed by atoms with van der Waals surface area (Å²) in [7, 11) is 4.88. The number of rotatable bonds is 4. The number of hydrogen-bond acceptors (Lipinski definition) is 0. The lowest BCUT2D eigenvalue weighted by atomic mass is 10.0. The SMILES string of the molecule is C[N+]1(Cc2ccc(C[N+]3(C)CCCCC3)cc2)CCCCC1.[Br-].[Br-]. The molecule has 0 saturated carbocycles. The van der Waals surface area contributed by atoms with Crippen LogP contribution in [0.3, 0.4) is 0 Å². The average Bonchev–Trinajstić information content (AvgIpc) is 2.50. The molecule has 4 heteroatoms. The van der Waals surface area contributed by atoms with Gasteiger partial charge in [0.05, 0.1) is 40.3 Å². The topological polar surface area (TPSA) is 0 Å². The van der Waals surface area contributed by atoms with Crippen molar-refractivity contribution in [1.82, 2.24) is 0 Å². The summed E-state index contributed by atoms with van der Waals surface area (Å²) in [6.07, 6.45) is 8.50. The molecule has 2 aliphatic heterocycles. The highest BCUT2D eigenvalue weighted by Crippen LogP contribution is 2.23. The summed E-state index contributed by atoms with van der Waals surface area (Å²) in [6, 6.07) is 9.57. The fourth-order valence-corrected chi connectivity index (χ4v) is 4.50. The maximum atomic E-state index is 2.44. The molecule has 24 heavy (non-hydrogen) atoms.